The predicted molar refractivity (Wildman–Crippen MR) is 117 cm³/mol. The molecule has 4 rings (SSSR count). The van der Waals surface area contributed by atoms with E-state index in [9.17, 15) is 0 Å². The Morgan fingerprint density at radius 2 is 1.71 bits per heavy atom. The third-order valence-electron chi connectivity index (χ3n) is 6.02. The van der Waals surface area contributed by atoms with Crippen LogP contribution in [-0.4, -0.2) is 36.7 Å². The maximum atomic E-state index is 6.50. The van der Waals surface area contributed by atoms with Crippen molar-refractivity contribution in [3.63, 3.8) is 0 Å². The zero-order valence-electron chi connectivity index (χ0n) is 17.0. The summed E-state index contributed by atoms with van der Waals surface area (Å²) in [5.41, 5.74) is 5.78. The topological polar surface area (TPSA) is 24.5 Å². The first kappa shape index (κ1) is 18.8. The Labute approximate surface area is 168 Å². The smallest absolute Gasteiger partial charge is 0.130 e. The lowest BCUT2D eigenvalue weighted by Gasteiger charge is -2.40. The van der Waals surface area contributed by atoms with E-state index in [1.807, 2.05) is 0 Å². The molecule has 2 aromatic carbocycles. The Morgan fingerprint density at radius 1 is 1.04 bits per heavy atom. The minimum atomic E-state index is -0.196. The van der Waals surface area contributed by atoms with Crippen molar-refractivity contribution in [2.45, 2.75) is 32.3 Å². The number of hydrogen-bond donors (Lipinski definition) is 1. The van der Waals surface area contributed by atoms with Gasteiger partial charge in [-0.05, 0) is 55.8 Å². The molecule has 0 aromatic heterocycles. The van der Waals surface area contributed by atoms with Gasteiger partial charge in [-0.25, -0.2) is 0 Å². The van der Waals surface area contributed by atoms with Gasteiger partial charge in [-0.3, -0.25) is 0 Å². The number of para-hydroxylation sites is 1. The number of nitrogens with zero attached hydrogens (tertiary/aromatic N) is 1. The van der Waals surface area contributed by atoms with Gasteiger partial charge in [0.1, 0.15) is 11.4 Å². The van der Waals surface area contributed by atoms with Crippen molar-refractivity contribution >= 4 is 11.3 Å². The number of piperidine rings is 1. The predicted octanol–water partition coefficient (Wildman–Crippen LogP) is 4.95. The number of nitrogens with one attached hydrogen (secondary N) is 1. The van der Waals surface area contributed by atoms with E-state index in [1.165, 1.54) is 22.3 Å². The van der Waals surface area contributed by atoms with E-state index < -0.39 is 0 Å². The summed E-state index contributed by atoms with van der Waals surface area (Å²) in [5, 5.41) is 3.45. The fourth-order valence-electron chi connectivity index (χ4n) is 4.33. The Bertz CT molecular complexity index is 872. The molecule has 2 aliphatic rings. The molecule has 0 saturated carbocycles. The average molecular weight is 375 g/mol. The zero-order chi connectivity index (χ0) is 19.6. The molecule has 2 aliphatic heterocycles. The van der Waals surface area contributed by atoms with Crippen LogP contribution in [0.3, 0.4) is 0 Å². The lowest BCUT2D eigenvalue weighted by molar-refractivity contribution is 0.0817. The highest BCUT2D eigenvalue weighted by Gasteiger charge is 2.36. The highest BCUT2D eigenvalue weighted by Crippen LogP contribution is 2.42. The van der Waals surface area contributed by atoms with Gasteiger partial charge in [-0.1, -0.05) is 49.0 Å². The molecular weight excluding hydrogens is 344 g/mol. The summed E-state index contributed by atoms with van der Waals surface area (Å²) < 4.78 is 6.50. The lowest BCUT2D eigenvalue weighted by atomic mass is 9.83. The zero-order valence-corrected chi connectivity index (χ0v) is 17.0. The molecule has 0 aliphatic carbocycles. The van der Waals surface area contributed by atoms with Crippen molar-refractivity contribution in [2.75, 3.05) is 26.2 Å². The molecule has 3 heteroatoms. The summed E-state index contributed by atoms with van der Waals surface area (Å²) in [6.45, 7) is 12.6. The van der Waals surface area contributed by atoms with Crippen molar-refractivity contribution in [1.82, 2.24) is 10.2 Å². The van der Waals surface area contributed by atoms with Gasteiger partial charge in [-0.15, -0.1) is 0 Å². The molecule has 2 heterocycles. The molecule has 0 unspecified atom stereocenters. The van der Waals surface area contributed by atoms with E-state index in [0.29, 0.717) is 0 Å². The van der Waals surface area contributed by atoms with Gasteiger partial charge in [0.25, 0.3) is 0 Å². The molecule has 0 atom stereocenters. The van der Waals surface area contributed by atoms with Crippen LogP contribution in [0.4, 0.5) is 0 Å². The largest absolute Gasteiger partial charge is 0.482 e. The van der Waals surface area contributed by atoms with Gasteiger partial charge in [0.15, 0.2) is 0 Å². The first-order valence-corrected chi connectivity index (χ1v) is 10.4. The van der Waals surface area contributed by atoms with Crippen LogP contribution in [0.5, 0.6) is 5.75 Å². The Balaban J connectivity index is 1.71. The molecule has 0 bridgehead atoms. The van der Waals surface area contributed by atoms with Crippen LogP contribution >= 0.6 is 0 Å². The molecule has 3 nitrogen and oxygen atoms in total. The number of hydrogen-bond acceptors (Lipinski definition) is 3. The summed E-state index contributed by atoms with van der Waals surface area (Å²) in [4.78, 5) is 2.29. The molecule has 28 heavy (non-hydrogen) atoms. The maximum Gasteiger partial charge on any atom is 0.130 e. The van der Waals surface area contributed by atoms with E-state index in [2.05, 4.69) is 85.3 Å². The van der Waals surface area contributed by atoms with Gasteiger partial charge in [0.2, 0.25) is 0 Å². The number of ether oxygens (including phenoxy) is 1. The van der Waals surface area contributed by atoms with Gasteiger partial charge >= 0.3 is 0 Å². The average Bonchev–Trinajstić information content (AvgIpc) is 2.74. The molecule has 2 aromatic rings. The third kappa shape index (κ3) is 3.47. The first-order valence-electron chi connectivity index (χ1n) is 10.4. The first-order chi connectivity index (χ1) is 13.7. The van der Waals surface area contributed by atoms with E-state index in [-0.39, 0.29) is 5.60 Å². The van der Waals surface area contributed by atoms with Crippen molar-refractivity contribution in [3.05, 3.63) is 77.9 Å². The fraction of sp³-hybridized carbons (Fsp3) is 0.360. The lowest BCUT2D eigenvalue weighted by Crippen LogP contribution is -2.46. The Morgan fingerprint density at radius 3 is 2.39 bits per heavy atom. The summed E-state index contributed by atoms with van der Waals surface area (Å²) in [5.74, 6) is 0.999. The van der Waals surface area contributed by atoms with Crippen molar-refractivity contribution < 1.29 is 4.74 Å². The summed E-state index contributed by atoms with van der Waals surface area (Å²) >= 11 is 0. The number of rotatable bonds is 5. The number of benzene rings is 2. The second-order valence-electron chi connectivity index (χ2n) is 7.67. The SMILES string of the molecule is C=C(c1ccc(C2=CC3(CCNCC3)Oc3ccccc32)cc1)N(CC)CC. The van der Waals surface area contributed by atoms with Gasteiger partial charge in [-0.2, -0.15) is 0 Å². The quantitative estimate of drug-likeness (QED) is 0.802. The Hall–Kier alpha value is -2.52. The van der Waals surface area contributed by atoms with E-state index in [4.69, 9.17) is 4.74 Å². The fourth-order valence-corrected chi connectivity index (χ4v) is 4.33. The van der Waals surface area contributed by atoms with E-state index >= 15 is 0 Å². The Kier molecular flexibility index (Phi) is 5.27. The van der Waals surface area contributed by atoms with Crippen molar-refractivity contribution in [3.8, 4) is 5.75 Å². The van der Waals surface area contributed by atoms with E-state index in [1.54, 1.807) is 0 Å². The second kappa shape index (κ2) is 7.84. The second-order valence-corrected chi connectivity index (χ2v) is 7.67. The van der Waals surface area contributed by atoms with Crippen LogP contribution in [-0.2, 0) is 0 Å². The van der Waals surface area contributed by atoms with Crippen LogP contribution in [0.1, 0.15) is 43.4 Å². The highest BCUT2D eigenvalue weighted by molar-refractivity contribution is 5.85. The molecule has 1 N–H and O–H groups in total. The summed E-state index contributed by atoms with van der Waals surface area (Å²) in [6, 6.07) is 17.3. The van der Waals surface area contributed by atoms with Crippen LogP contribution in [0.2, 0.25) is 0 Å². The summed E-state index contributed by atoms with van der Waals surface area (Å²) in [6.07, 6.45) is 4.37. The van der Waals surface area contributed by atoms with E-state index in [0.717, 1.165) is 50.5 Å². The standard InChI is InChI=1S/C25H30N2O/c1-4-27(5-2)19(3)20-10-12-21(13-11-20)23-18-25(14-16-26-17-15-25)28-24-9-7-6-8-22(23)24/h6-13,18,26H,3-5,14-17H2,1-2H3. The van der Waals surface area contributed by atoms with Crippen molar-refractivity contribution in [2.24, 2.45) is 0 Å². The molecule has 0 amide bonds. The third-order valence-corrected chi connectivity index (χ3v) is 6.02. The van der Waals surface area contributed by atoms with Crippen molar-refractivity contribution in [1.29, 1.82) is 0 Å². The molecule has 146 valence electrons. The maximum absolute atomic E-state index is 6.50. The minimum Gasteiger partial charge on any atom is -0.482 e. The van der Waals surface area contributed by atoms with Gasteiger partial charge < -0.3 is 15.0 Å². The highest BCUT2D eigenvalue weighted by atomic mass is 16.5. The minimum absolute atomic E-state index is 0.196. The molecule has 1 fully saturated rings. The van der Waals surface area contributed by atoms with Gasteiger partial charge in [0.05, 0.1) is 0 Å². The summed E-state index contributed by atoms with van der Waals surface area (Å²) in [7, 11) is 0. The van der Waals surface area contributed by atoms with Crippen LogP contribution in [0.15, 0.2) is 61.2 Å². The monoisotopic (exact) mass is 374 g/mol. The van der Waals surface area contributed by atoms with Crippen LogP contribution in [0, 0.1) is 0 Å². The normalized spacial score (nSPS) is 17.4. The molecular formula is C25H30N2O. The van der Waals surface area contributed by atoms with Crippen LogP contribution in [0.25, 0.3) is 11.3 Å². The van der Waals surface area contributed by atoms with Crippen LogP contribution < -0.4 is 10.1 Å². The molecule has 1 spiro atoms. The molecule has 1 saturated heterocycles. The molecule has 0 radical (unpaired) electrons. The van der Waals surface area contributed by atoms with Gasteiger partial charge in [0, 0.05) is 37.2 Å². The number of fused-ring (bicyclic) bond motifs is 1.